The molecule has 0 heterocycles. The summed E-state index contributed by atoms with van der Waals surface area (Å²) in [5, 5.41) is 30.4. The Labute approximate surface area is 275 Å². The third kappa shape index (κ3) is 7.60. The lowest BCUT2D eigenvalue weighted by Gasteiger charge is -2.54. The fraction of sp³-hybridized carbons (Fsp3) is 0.800. The number of unbranched alkanes of at least 4 members (excludes halogenated alkanes) is 5. The molecule has 0 amide bonds. The van der Waals surface area contributed by atoms with Crippen LogP contribution in [0.4, 0.5) is 39.5 Å². The Morgan fingerprint density at radius 1 is 0.875 bits per heavy atom. The molecular formula is C35H47F9O4. The highest BCUT2D eigenvalue weighted by atomic mass is 19.4. The molecule has 0 aromatic heterocycles. The van der Waals surface area contributed by atoms with Gasteiger partial charge in [0, 0.05) is 6.42 Å². The van der Waals surface area contributed by atoms with E-state index >= 15 is 0 Å². The van der Waals surface area contributed by atoms with Crippen LogP contribution >= 0.6 is 0 Å². The number of fused-ring (bicyclic) bond motifs is 5. The molecule has 0 radical (unpaired) electrons. The summed E-state index contributed by atoms with van der Waals surface area (Å²) < 4.78 is 118. The Morgan fingerprint density at radius 3 is 2.15 bits per heavy atom. The number of halogens is 9. The number of hydrogen-bond donors (Lipinski definition) is 3. The minimum atomic E-state index is -6.94. The first-order valence-electron chi connectivity index (χ1n) is 17.2. The fourth-order valence-corrected chi connectivity index (χ4v) is 9.16. The average molecular weight is 703 g/mol. The van der Waals surface area contributed by atoms with Gasteiger partial charge in [0.25, 0.3) is 0 Å². The quantitative estimate of drug-likeness (QED) is 0.118. The number of phenolic OH excluding ortho intramolecular Hbond substituents is 1. The van der Waals surface area contributed by atoms with E-state index in [0.29, 0.717) is 36.5 Å². The van der Waals surface area contributed by atoms with Gasteiger partial charge in [-0.25, -0.2) is 0 Å². The summed E-state index contributed by atoms with van der Waals surface area (Å²) in [6, 6.07) is 5.71. The van der Waals surface area contributed by atoms with Gasteiger partial charge in [-0.05, 0) is 110 Å². The van der Waals surface area contributed by atoms with Crippen molar-refractivity contribution in [1.29, 1.82) is 0 Å². The van der Waals surface area contributed by atoms with Crippen LogP contribution in [0.15, 0.2) is 18.2 Å². The molecule has 274 valence electrons. The second kappa shape index (κ2) is 14.6. The summed E-state index contributed by atoms with van der Waals surface area (Å²) in [4.78, 5) is 11.6. The van der Waals surface area contributed by atoms with Gasteiger partial charge in [0.1, 0.15) is 5.75 Å². The minimum Gasteiger partial charge on any atom is -0.508 e. The van der Waals surface area contributed by atoms with Gasteiger partial charge in [-0.2, -0.15) is 39.5 Å². The molecule has 7 unspecified atom stereocenters. The number of rotatable bonds is 16. The monoisotopic (exact) mass is 702 g/mol. The molecule has 1 aromatic carbocycles. The van der Waals surface area contributed by atoms with E-state index in [1.54, 1.807) is 6.07 Å². The van der Waals surface area contributed by atoms with Gasteiger partial charge < -0.3 is 15.3 Å². The number of benzene rings is 1. The number of carboxylic acids is 1. The topological polar surface area (TPSA) is 77.8 Å². The van der Waals surface area contributed by atoms with Crippen molar-refractivity contribution < 1.29 is 59.6 Å². The Bertz CT molecular complexity index is 1250. The molecule has 1 aromatic rings. The molecule has 48 heavy (non-hydrogen) atoms. The van der Waals surface area contributed by atoms with Crippen LogP contribution in [0, 0.1) is 29.1 Å². The maximum Gasteiger partial charge on any atom is 0.460 e. The zero-order valence-corrected chi connectivity index (χ0v) is 27.2. The maximum absolute atomic E-state index is 13.8. The highest BCUT2D eigenvalue weighted by molar-refractivity contribution is 5.69. The van der Waals surface area contributed by atoms with E-state index in [1.165, 1.54) is 11.1 Å². The lowest BCUT2D eigenvalue weighted by molar-refractivity contribution is -0.396. The van der Waals surface area contributed by atoms with E-state index in [9.17, 15) is 59.6 Å². The van der Waals surface area contributed by atoms with Gasteiger partial charge in [-0.1, -0.05) is 51.5 Å². The lowest BCUT2D eigenvalue weighted by Crippen LogP contribution is -2.60. The predicted molar refractivity (Wildman–Crippen MR) is 160 cm³/mol. The Kier molecular flexibility index (Phi) is 11.7. The van der Waals surface area contributed by atoms with Crippen molar-refractivity contribution in [3.63, 3.8) is 0 Å². The van der Waals surface area contributed by atoms with Gasteiger partial charge in [0.05, 0.1) is 12.0 Å². The van der Waals surface area contributed by atoms with Gasteiger partial charge >= 0.3 is 29.9 Å². The summed E-state index contributed by atoms with van der Waals surface area (Å²) in [5.41, 5.74) is 2.42. The predicted octanol–water partition coefficient (Wildman–Crippen LogP) is 10.3. The number of aliphatic hydroxyl groups is 1. The van der Waals surface area contributed by atoms with Crippen LogP contribution in [0.1, 0.15) is 120 Å². The summed E-state index contributed by atoms with van der Waals surface area (Å²) in [7, 11) is 0. The third-order valence-electron chi connectivity index (χ3n) is 11.8. The van der Waals surface area contributed by atoms with E-state index in [-0.39, 0.29) is 23.7 Å². The summed E-state index contributed by atoms with van der Waals surface area (Å²) in [5.74, 6) is -19.9. The van der Waals surface area contributed by atoms with Crippen molar-refractivity contribution in [2.45, 2.75) is 146 Å². The van der Waals surface area contributed by atoms with Crippen LogP contribution in [0.5, 0.6) is 5.75 Å². The maximum atomic E-state index is 13.8. The number of aliphatic hydroxyl groups excluding tert-OH is 1. The number of phenols is 1. The van der Waals surface area contributed by atoms with Crippen molar-refractivity contribution in [3.8, 4) is 5.75 Å². The number of aromatic hydroxyl groups is 1. The Balaban J connectivity index is 1.21. The van der Waals surface area contributed by atoms with Crippen molar-refractivity contribution in [2.75, 3.05) is 0 Å². The Hall–Kier alpha value is -2.18. The molecule has 13 heteroatoms. The first-order valence-corrected chi connectivity index (χ1v) is 17.2. The molecule has 0 aliphatic heterocycles. The highest BCUT2D eigenvalue weighted by Gasteiger charge is 2.81. The van der Waals surface area contributed by atoms with Gasteiger partial charge in [-0.15, -0.1) is 0 Å². The lowest BCUT2D eigenvalue weighted by atomic mass is 9.51. The number of aryl methyl sites for hydroxylation is 1. The number of carbonyl (C=O) groups is 1. The number of alkyl halides is 9. The van der Waals surface area contributed by atoms with E-state index in [2.05, 4.69) is 13.0 Å². The zero-order chi connectivity index (χ0) is 35.7. The molecule has 4 rings (SSSR count). The second-order valence-electron chi connectivity index (χ2n) is 14.8. The largest absolute Gasteiger partial charge is 0.508 e. The van der Waals surface area contributed by atoms with Crippen LogP contribution in [-0.4, -0.2) is 51.3 Å². The molecular weight excluding hydrogens is 655 g/mol. The molecule has 2 saturated carbocycles. The molecule has 3 aliphatic rings. The van der Waals surface area contributed by atoms with Crippen LogP contribution in [0.25, 0.3) is 0 Å². The van der Waals surface area contributed by atoms with E-state index in [1.807, 2.05) is 6.07 Å². The summed E-state index contributed by atoms with van der Waals surface area (Å²) in [6.45, 7) is 2.24. The van der Waals surface area contributed by atoms with Crippen LogP contribution in [-0.2, 0) is 11.2 Å². The van der Waals surface area contributed by atoms with Crippen LogP contribution < -0.4 is 0 Å². The van der Waals surface area contributed by atoms with E-state index in [4.69, 9.17) is 0 Å². The van der Waals surface area contributed by atoms with E-state index < -0.39 is 55.1 Å². The molecule has 7 atom stereocenters. The van der Waals surface area contributed by atoms with Gasteiger partial charge in [-0.3, -0.25) is 4.79 Å². The van der Waals surface area contributed by atoms with Crippen LogP contribution in [0.2, 0.25) is 0 Å². The highest BCUT2D eigenvalue weighted by Crippen LogP contribution is 2.63. The zero-order valence-electron chi connectivity index (χ0n) is 27.2. The van der Waals surface area contributed by atoms with Gasteiger partial charge in [0.15, 0.2) is 0 Å². The fourth-order valence-electron chi connectivity index (χ4n) is 9.16. The van der Waals surface area contributed by atoms with Crippen molar-refractivity contribution >= 4 is 5.97 Å². The van der Waals surface area contributed by atoms with Crippen molar-refractivity contribution in [3.05, 3.63) is 29.3 Å². The standard InChI is InChI=1S/C35H47F9O4/c1-31-20-23(29-25-15-13-24(45)19-22(25)12-14-26(29)27(31)16-17-28(31)46)10-7-5-3-2-4-6-9-21(30(47)48)11-8-18-32(36,37)33(38,39)34(40,41)35(42,43)44/h13,15,19,21,23,26-29,45-46H,2-12,14,16-18,20H2,1H3,(H,47,48). The first-order chi connectivity index (χ1) is 22.2. The molecule has 3 N–H and O–H groups in total. The second-order valence-corrected chi connectivity index (χ2v) is 14.8. The molecule has 0 saturated heterocycles. The van der Waals surface area contributed by atoms with Gasteiger partial charge in [0.2, 0.25) is 0 Å². The average Bonchev–Trinajstić information content (AvgIpc) is 3.29. The first kappa shape index (κ1) is 38.6. The van der Waals surface area contributed by atoms with Crippen LogP contribution in [0.3, 0.4) is 0 Å². The molecule has 3 aliphatic carbocycles. The number of hydrogen-bond acceptors (Lipinski definition) is 3. The smallest absolute Gasteiger partial charge is 0.460 e. The summed E-state index contributed by atoms with van der Waals surface area (Å²) in [6.07, 6.45) is -0.294. The van der Waals surface area contributed by atoms with Crippen molar-refractivity contribution in [1.82, 2.24) is 0 Å². The SMILES string of the molecule is CC12CC(CCCCCCCCC(CCCC(F)(F)C(F)(F)C(F)(F)C(F)(F)F)C(=O)O)C3c4ccc(O)cc4CCC3C1CCC2O. The summed E-state index contributed by atoms with van der Waals surface area (Å²) >= 11 is 0. The molecule has 2 fully saturated rings. The normalized spacial score (nSPS) is 28.4. The molecule has 0 spiro atoms. The van der Waals surface area contributed by atoms with E-state index in [0.717, 1.165) is 64.2 Å². The molecule has 4 nitrogen and oxygen atoms in total. The number of carboxylic acid groups (broad SMARTS) is 1. The minimum absolute atomic E-state index is 0.0399. The molecule has 0 bridgehead atoms. The third-order valence-corrected chi connectivity index (χ3v) is 11.8. The Morgan fingerprint density at radius 2 is 1.50 bits per heavy atom. The number of aliphatic carboxylic acids is 1. The van der Waals surface area contributed by atoms with Crippen molar-refractivity contribution in [2.24, 2.45) is 29.1 Å².